The third kappa shape index (κ3) is 7.01. The summed E-state index contributed by atoms with van der Waals surface area (Å²) in [6, 6.07) is 36.3. The van der Waals surface area contributed by atoms with Crippen LogP contribution in [0.3, 0.4) is 0 Å². The summed E-state index contributed by atoms with van der Waals surface area (Å²) >= 11 is 0. The summed E-state index contributed by atoms with van der Waals surface area (Å²) in [5.41, 5.74) is 20.7. The minimum absolute atomic E-state index is 0.773. The van der Waals surface area contributed by atoms with Crippen LogP contribution in [0, 0.1) is 13.8 Å². The molecule has 2 aliphatic rings. The van der Waals surface area contributed by atoms with Crippen LogP contribution in [0.4, 0.5) is 0 Å². The van der Waals surface area contributed by atoms with Gasteiger partial charge in [0.05, 0.1) is 11.4 Å². The topological polar surface area (TPSA) is 34.6 Å². The minimum atomic E-state index is 0.773. The van der Waals surface area contributed by atoms with Gasteiger partial charge in [-0.1, -0.05) is 91.9 Å². The number of fused-ring (bicyclic) bond motifs is 3. The van der Waals surface area contributed by atoms with Gasteiger partial charge in [0.25, 0.3) is 0 Å². The lowest BCUT2D eigenvalue weighted by Gasteiger charge is -2.14. The molecule has 4 heteroatoms. The average Bonchev–Trinajstić information content (AvgIpc) is 3.67. The first-order chi connectivity index (χ1) is 26.5. The Labute approximate surface area is 321 Å². The molecule has 0 N–H and O–H groups in total. The SMILES string of the molecule is CC/C=C\c1c(C)c(C)c(C=NCC)n1-c1ccc(Cc2ccc(-c3ccc(Cc4ccc(-n5c6c(c7c5C=NCC7)CCC=C6)cc4)cc3)cc2)cc1. The van der Waals surface area contributed by atoms with Gasteiger partial charge in [0, 0.05) is 48.3 Å². The summed E-state index contributed by atoms with van der Waals surface area (Å²) in [6.45, 7) is 10.3. The summed E-state index contributed by atoms with van der Waals surface area (Å²) < 4.78 is 4.77. The molecule has 4 aromatic carbocycles. The van der Waals surface area contributed by atoms with Crippen LogP contribution in [0.25, 0.3) is 34.7 Å². The van der Waals surface area contributed by atoms with Crippen molar-refractivity contribution in [3.63, 3.8) is 0 Å². The molecule has 0 fully saturated rings. The molecular formula is C50H50N4. The van der Waals surface area contributed by atoms with E-state index in [9.17, 15) is 0 Å². The molecule has 3 heterocycles. The molecule has 0 saturated carbocycles. The van der Waals surface area contributed by atoms with Crippen LogP contribution in [-0.4, -0.2) is 34.7 Å². The lowest BCUT2D eigenvalue weighted by Crippen LogP contribution is -2.07. The van der Waals surface area contributed by atoms with E-state index in [1.807, 2.05) is 6.21 Å². The Hall–Kier alpha value is -5.74. The Balaban J connectivity index is 0.929. The average molecular weight is 707 g/mol. The quantitative estimate of drug-likeness (QED) is 0.120. The second-order valence-electron chi connectivity index (χ2n) is 14.7. The van der Waals surface area contributed by atoms with Crippen molar-refractivity contribution >= 4 is 24.6 Å². The normalized spacial score (nSPS) is 13.6. The maximum absolute atomic E-state index is 4.63. The van der Waals surface area contributed by atoms with Gasteiger partial charge in [-0.3, -0.25) is 9.98 Å². The molecule has 0 saturated heterocycles. The van der Waals surface area contributed by atoms with Crippen molar-refractivity contribution in [2.75, 3.05) is 13.1 Å². The van der Waals surface area contributed by atoms with Crippen molar-refractivity contribution in [2.24, 2.45) is 9.98 Å². The molecule has 8 rings (SSSR count). The molecule has 1 aliphatic heterocycles. The van der Waals surface area contributed by atoms with E-state index >= 15 is 0 Å². The van der Waals surface area contributed by atoms with Crippen molar-refractivity contribution in [3.8, 4) is 22.5 Å². The van der Waals surface area contributed by atoms with Crippen molar-refractivity contribution < 1.29 is 0 Å². The number of aromatic nitrogens is 2. The number of aliphatic imine (C=N–C) groups is 2. The molecule has 0 atom stereocenters. The molecule has 0 radical (unpaired) electrons. The Bertz CT molecular complexity index is 2300. The van der Waals surface area contributed by atoms with E-state index < -0.39 is 0 Å². The highest BCUT2D eigenvalue weighted by atomic mass is 15.0. The molecule has 1 aliphatic carbocycles. The van der Waals surface area contributed by atoms with E-state index in [1.165, 1.54) is 84.1 Å². The van der Waals surface area contributed by atoms with Crippen LogP contribution in [0.15, 0.2) is 119 Å². The number of hydrogen-bond acceptors (Lipinski definition) is 2. The Morgan fingerprint density at radius 1 is 0.630 bits per heavy atom. The highest BCUT2D eigenvalue weighted by molar-refractivity contribution is 5.86. The minimum Gasteiger partial charge on any atom is -0.308 e. The number of hydrogen-bond donors (Lipinski definition) is 0. The zero-order chi connectivity index (χ0) is 37.0. The number of benzene rings is 4. The van der Waals surface area contributed by atoms with Gasteiger partial charge in [-0.25, -0.2) is 0 Å². The predicted octanol–water partition coefficient (Wildman–Crippen LogP) is 11.5. The first-order valence-corrected chi connectivity index (χ1v) is 19.7. The molecule has 54 heavy (non-hydrogen) atoms. The molecule has 270 valence electrons. The van der Waals surface area contributed by atoms with Gasteiger partial charge in [0.15, 0.2) is 0 Å². The lowest BCUT2D eigenvalue weighted by atomic mass is 9.97. The van der Waals surface area contributed by atoms with Crippen molar-refractivity contribution in [1.82, 2.24) is 9.13 Å². The molecule has 2 aromatic heterocycles. The second kappa shape index (κ2) is 15.7. The molecule has 6 aromatic rings. The number of nitrogens with zero attached hydrogens (tertiary/aromatic N) is 4. The monoisotopic (exact) mass is 706 g/mol. The summed E-state index contributed by atoms with van der Waals surface area (Å²) in [5, 5.41) is 0. The van der Waals surface area contributed by atoms with Crippen molar-refractivity contribution in [3.05, 3.63) is 176 Å². The third-order valence-electron chi connectivity index (χ3n) is 11.2. The molecule has 0 unspecified atom stereocenters. The van der Waals surface area contributed by atoms with Crippen LogP contribution in [0.2, 0.25) is 0 Å². The Morgan fingerprint density at radius 3 is 1.74 bits per heavy atom. The standard InChI is InChI=1S/C50H50N4/c1-5-7-11-47-35(3)36(4)49(33-51-6-2)53(47)43-25-17-39(18-26-43)31-37-13-21-41(22-14-37)42-23-15-38(16-24-42)32-40-19-27-44(28-20-40)54-48-12-9-8-10-45(48)46-29-30-52-34-50(46)54/h7,9,11-28,33-34H,5-6,8,10,29-32H2,1-4H3/b11-7-,51-33?. The van der Waals surface area contributed by atoms with E-state index in [0.717, 1.165) is 57.3 Å². The summed E-state index contributed by atoms with van der Waals surface area (Å²) in [4.78, 5) is 9.23. The summed E-state index contributed by atoms with van der Waals surface area (Å²) in [7, 11) is 0. The fourth-order valence-electron chi connectivity index (χ4n) is 8.12. The maximum Gasteiger partial charge on any atom is 0.0676 e. The zero-order valence-corrected chi connectivity index (χ0v) is 32.1. The molecular weight excluding hydrogens is 657 g/mol. The van der Waals surface area contributed by atoms with Crippen LogP contribution >= 0.6 is 0 Å². The van der Waals surface area contributed by atoms with Crippen LogP contribution in [0.1, 0.15) is 94.0 Å². The highest BCUT2D eigenvalue weighted by Gasteiger charge is 2.24. The van der Waals surface area contributed by atoms with E-state index in [4.69, 9.17) is 0 Å². The van der Waals surface area contributed by atoms with Gasteiger partial charge in [-0.05, 0) is 151 Å². The van der Waals surface area contributed by atoms with Crippen LogP contribution < -0.4 is 0 Å². The van der Waals surface area contributed by atoms with Gasteiger partial charge < -0.3 is 9.13 Å². The zero-order valence-electron chi connectivity index (χ0n) is 32.1. The first-order valence-electron chi connectivity index (χ1n) is 19.7. The van der Waals surface area contributed by atoms with Gasteiger partial charge >= 0.3 is 0 Å². The van der Waals surface area contributed by atoms with Crippen LogP contribution in [0.5, 0.6) is 0 Å². The fourth-order valence-corrected chi connectivity index (χ4v) is 8.12. The smallest absolute Gasteiger partial charge is 0.0676 e. The van der Waals surface area contributed by atoms with Gasteiger partial charge in [0.1, 0.15) is 0 Å². The van der Waals surface area contributed by atoms with Crippen molar-refractivity contribution in [1.29, 1.82) is 0 Å². The predicted molar refractivity (Wildman–Crippen MR) is 229 cm³/mol. The molecule has 0 spiro atoms. The first kappa shape index (κ1) is 35.3. The summed E-state index contributed by atoms with van der Waals surface area (Å²) in [6.07, 6.45) is 19.3. The van der Waals surface area contributed by atoms with Gasteiger partial charge in [-0.2, -0.15) is 0 Å². The largest absolute Gasteiger partial charge is 0.308 e. The van der Waals surface area contributed by atoms with Gasteiger partial charge in [-0.15, -0.1) is 0 Å². The second-order valence-corrected chi connectivity index (χ2v) is 14.7. The van der Waals surface area contributed by atoms with Gasteiger partial charge in [0.2, 0.25) is 0 Å². The van der Waals surface area contributed by atoms with E-state index in [2.05, 4.69) is 174 Å². The summed E-state index contributed by atoms with van der Waals surface area (Å²) in [5.74, 6) is 0. The fraction of sp³-hybridized carbons (Fsp3) is 0.240. The lowest BCUT2D eigenvalue weighted by molar-refractivity contribution is 0.907. The molecule has 0 amide bonds. The number of rotatable bonds is 11. The van der Waals surface area contributed by atoms with E-state index in [1.54, 1.807) is 0 Å². The maximum atomic E-state index is 4.63. The number of allylic oxidation sites excluding steroid dienone is 2. The molecule has 0 bridgehead atoms. The molecule has 4 nitrogen and oxygen atoms in total. The Kier molecular flexibility index (Phi) is 10.3. The van der Waals surface area contributed by atoms with Crippen molar-refractivity contribution in [2.45, 2.75) is 66.2 Å². The van der Waals surface area contributed by atoms with E-state index in [0.29, 0.717) is 0 Å². The Morgan fingerprint density at radius 2 is 1.17 bits per heavy atom. The van der Waals surface area contributed by atoms with Crippen LogP contribution in [-0.2, 0) is 25.7 Å². The highest BCUT2D eigenvalue weighted by Crippen LogP contribution is 2.33. The third-order valence-corrected chi connectivity index (χ3v) is 11.2. The van der Waals surface area contributed by atoms with E-state index in [-0.39, 0.29) is 0 Å².